The SMILES string of the molecule is O=C(c1ccc(Cl)cc1)N1CCN=C1SCc1ccc([N+](=O)[O-])cc1. The van der Waals surface area contributed by atoms with Crippen molar-refractivity contribution < 1.29 is 9.72 Å². The summed E-state index contributed by atoms with van der Waals surface area (Å²) in [4.78, 5) is 28.9. The molecule has 0 N–H and O–H groups in total. The predicted molar refractivity (Wildman–Crippen MR) is 99.2 cm³/mol. The highest BCUT2D eigenvalue weighted by atomic mass is 35.5. The van der Waals surface area contributed by atoms with Crippen molar-refractivity contribution in [1.29, 1.82) is 0 Å². The van der Waals surface area contributed by atoms with Crippen LogP contribution in [-0.2, 0) is 5.75 Å². The Labute approximate surface area is 153 Å². The Morgan fingerprint density at radius 2 is 1.88 bits per heavy atom. The van der Waals surface area contributed by atoms with E-state index >= 15 is 0 Å². The van der Waals surface area contributed by atoms with Gasteiger partial charge in [-0.05, 0) is 29.8 Å². The zero-order valence-electron chi connectivity index (χ0n) is 13.1. The van der Waals surface area contributed by atoms with Gasteiger partial charge in [0.15, 0.2) is 5.17 Å². The lowest BCUT2D eigenvalue weighted by Gasteiger charge is -2.18. The molecule has 0 aliphatic carbocycles. The van der Waals surface area contributed by atoms with E-state index in [0.29, 0.717) is 34.6 Å². The molecule has 0 aromatic heterocycles. The molecule has 1 aliphatic heterocycles. The Balaban J connectivity index is 1.64. The summed E-state index contributed by atoms with van der Waals surface area (Å²) in [5.41, 5.74) is 1.56. The van der Waals surface area contributed by atoms with Crippen molar-refractivity contribution in [2.75, 3.05) is 13.1 Å². The summed E-state index contributed by atoms with van der Waals surface area (Å²) in [6.07, 6.45) is 0. The number of non-ortho nitro benzene ring substituents is 1. The minimum atomic E-state index is -0.426. The highest BCUT2D eigenvalue weighted by Gasteiger charge is 2.25. The smallest absolute Gasteiger partial charge is 0.269 e. The first-order chi connectivity index (χ1) is 12.0. The minimum Gasteiger partial charge on any atom is -0.286 e. The van der Waals surface area contributed by atoms with Crippen molar-refractivity contribution in [1.82, 2.24) is 4.90 Å². The second-order valence-corrected chi connectivity index (χ2v) is 6.72. The quantitative estimate of drug-likeness (QED) is 0.598. The van der Waals surface area contributed by atoms with Gasteiger partial charge in [0.25, 0.3) is 11.6 Å². The molecule has 0 bridgehead atoms. The average molecular weight is 376 g/mol. The zero-order chi connectivity index (χ0) is 17.8. The molecule has 1 heterocycles. The number of nitrogens with zero attached hydrogens (tertiary/aromatic N) is 3. The maximum atomic E-state index is 12.6. The van der Waals surface area contributed by atoms with Crippen molar-refractivity contribution in [2.24, 2.45) is 4.99 Å². The van der Waals surface area contributed by atoms with E-state index in [1.165, 1.54) is 23.9 Å². The number of nitro groups is 1. The Kier molecular flexibility index (Phi) is 5.35. The van der Waals surface area contributed by atoms with E-state index in [9.17, 15) is 14.9 Å². The fourth-order valence-corrected chi connectivity index (χ4v) is 3.48. The summed E-state index contributed by atoms with van der Waals surface area (Å²) < 4.78 is 0. The van der Waals surface area contributed by atoms with E-state index in [1.807, 2.05) is 0 Å². The van der Waals surface area contributed by atoms with Crippen molar-refractivity contribution in [3.63, 3.8) is 0 Å². The summed E-state index contributed by atoms with van der Waals surface area (Å²) >= 11 is 7.30. The molecule has 1 aliphatic rings. The van der Waals surface area contributed by atoms with E-state index in [-0.39, 0.29) is 11.6 Å². The molecule has 2 aromatic rings. The van der Waals surface area contributed by atoms with Crippen LogP contribution in [0.5, 0.6) is 0 Å². The average Bonchev–Trinajstić information content (AvgIpc) is 3.09. The van der Waals surface area contributed by atoms with Gasteiger partial charge in [0.2, 0.25) is 0 Å². The number of amides is 1. The van der Waals surface area contributed by atoms with Crippen molar-refractivity contribution >= 4 is 40.1 Å². The number of carbonyl (C=O) groups is 1. The summed E-state index contributed by atoms with van der Waals surface area (Å²) in [6, 6.07) is 13.1. The number of halogens is 1. The largest absolute Gasteiger partial charge is 0.286 e. The molecule has 2 aromatic carbocycles. The standard InChI is InChI=1S/C17H14ClN3O3S/c18-14-5-3-13(4-6-14)16(22)20-10-9-19-17(20)25-11-12-1-7-15(8-2-12)21(23)24/h1-8H,9-11H2. The third-order valence-corrected chi connectivity index (χ3v) is 4.99. The molecule has 0 spiro atoms. The second kappa shape index (κ2) is 7.67. The number of benzene rings is 2. The van der Waals surface area contributed by atoms with Gasteiger partial charge < -0.3 is 0 Å². The van der Waals surface area contributed by atoms with Crippen molar-refractivity contribution in [3.8, 4) is 0 Å². The third kappa shape index (κ3) is 4.18. The molecule has 0 unspecified atom stereocenters. The molecule has 0 fully saturated rings. The third-order valence-electron chi connectivity index (χ3n) is 3.65. The van der Waals surface area contributed by atoms with E-state index in [1.54, 1.807) is 41.3 Å². The number of aliphatic imine (C=N–C) groups is 1. The maximum Gasteiger partial charge on any atom is 0.269 e. The number of thioether (sulfide) groups is 1. The van der Waals surface area contributed by atoms with E-state index < -0.39 is 4.92 Å². The lowest BCUT2D eigenvalue weighted by molar-refractivity contribution is -0.384. The number of amidine groups is 1. The van der Waals surface area contributed by atoms with Gasteiger partial charge in [-0.1, -0.05) is 35.5 Å². The van der Waals surface area contributed by atoms with Gasteiger partial charge in [-0.3, -0.25) is 24.8 Å². The van der Waals surface area contributed by atoms with Crippen LogP contribution >= 0.6 is 23.4 Å². The summed E-state index contributed by atoms with van der Waals surface area (Å²) in [5.74, 6) is 0.477. The number of nitro benzene ring substituents is 1. The summed E-state index contributed by atoms with van der Waals surface area (Å²) in [6.45, 7) is 1.12. The Hall–Kier alpha value is -2.38. The molecular formula is C17H14ClN3O3S. The number of hydrogen-bond acceptors (Lipinski definition) is 5. The second-order valence-electron chi connectivity index (χ2n) is 5.34. The molecule has 0 atom stereocenters. The van der Waals surface area contributed by atoms with Gasteiger partial charge in [-0.2, -0.15) is 0 Å². The Bertz CT molecular complexity index is 822. The monoisotopic (exact) mass is 375 g/mol. The molecule has 0 saturated heterocycles. The first kappa shape index (κ1) is 17.4. The van der Waals surface area contributed by atoms with Crippen molar-refractivity contribution in [3.05, 3.63) is 74.8 Å². The van der Waals surface area contributed by atoms with Gasteiger partial charge in [0.05, 0.1) is 11.5 Å². The normalized spacial score (nSPS) is 13.6. The highest BCUT2D eigenvalue weighted by molar-refractivity contribution is 8.13. The minimum absolute atomic E-state index is 0.0616. The van der Waals surface area contributed by atoms with Crippen LogP contribution in [0.15, 0.2) is 53.5 Å². The first-order valence-electron chi connectivity index (χ1n) is 7.52. The zero-order valence-corrected chi connectivity index (χ0v) is 14.7. The van der Waals surface area contributed by atoms with Crippen molar-refractivity contribution in [2.45, 2.75) is 5.75 Å². The van der Waals surface area contributed by atoms with Gasteiger partial charge in [0, 0.05) is 35.0 Å². The van der Waals surface area contributed by atoms with Crippen LogP contribution in [0.4, 0.5) is 5.69 Å². The molecule has 25 heavy (non-hydrogen) atoms. The van der Waals surface area contributed by atoms with Crippen LogP contribution in [0.3, 0.4) is 0 Å². The highest BCUT2D eigenvalue weighted by Crippen LogP contribution is 2.23. The summed E-state index contributed by atoms with van der Waals surface area (Å²) in [5, 5.41) is 11.9. The van der Waals surface area contributed by atoms with Gasteiger partial charge in [-0.25, -0.2) is 0 Å². The number of hydrogen-bond donors (Lipinski definition) is 0. The van der Waals surface area contributed by atoms with Crippen LogP contribution in [0.1, 0.15) is 15.9 Å². The lowest BCUT2D eigenvalue weighted by atomic mass is 10.2. The topological polar surface area (TPSA) is 75.8 Å². The molecule has 8 heteroatoms. The summed E-state index contributed by atoms with van der Waals surface area (Å²) in [7, 11) is 0. The molecule has 128 valence electrons. The van der Waals surface area contributed by atoms with E-state index in [2.05, 4.69) is 4.99 Å². The van der Waals surface area contributed by atoms with Crippen LogP contribution in [0.25, 0.3) is 0 Å². The molecular weight excluding hydrogens is 362 g/mol. The van der Waals surface area contributed by atoms with Gasteiger partial charge in [-0.15, -0.1) is 0 Å². The van der Waals surface area contributed by atoms with Crippen LogP contribution in [0, 0.1) is 10.1 Å². The Morgan fingerprint density at radius 3 is 2.52 bits per heavy atom. The number of rotatable bonds is 4. The van der Waals surface area contributed by atoms with Crippen LogP contribution in [0.2, 0.25) is 5.02 Å². The fourth-order valence-electron chi connectivity index (χ4n) is 2.35. The first-order valence-corrected chi connectivity index (χ1v) is 8.89. The van der Waals surface area contributed by atoms with E-state index in [4.69, 9.17) is 11.6 Å². The molecule has 1 amide bonds. The number of carbonyl (C=O) groups excluding carboxylic acids is 1. The predicted octanol–water partition coefficient (Wildman–Crippen LogP) is 3.99. The van der Waals surface area contributed by atoms with E-state index in [0.717, 1.165) is 5.56 Å². The molecule has 0 saturated carbocycles. The lowest BCUT2D eigenvalue weighted by Crippen LogP contribution is -2.32. The molecule has 0 radical (unpaired) electrons. The molecule has 6 nitrogen and oxygen atoms in total. The fraction of sp³-hybridized carbons (Fsp3) is 0.176. The maximum absolute atomic E-state index is 12.6. The van der Waals surface area contributed by atoms with Gasteiger partial charge >= 0.3 is 0 Å². The van der Waals surface area contributed by atoms with Gasteiger partial charge in [0.1, 0.15) is 0 Å². The Morgan fingerprint density at radius 1 is 1.20 bits per heavy atom. The van der Waals surface area contributed by atoms with Crippen LogP contribution in [-0.4, -0.2) is 34.0 Å². The van der Waals surface area contributed by atoms with Crippen LogP contribution < -0.4 is 0 Å². The molecule has 3 rings (SSSR count).